The minimum atomic E-state index is -0.902. The Morgan fingerprint density at radius 1 is 1.35 bits per heavy atom. The molecule has 2 rings (SSSR count). The van der Waals surface area contributed by atoms with Crippen molar-refractivity contribution in [1.29, 1.82) is 0 Å². The molecule has 5 heteroatoms. The van der Waals surface area contributed by atoms with E-state index < -0.39 is 5.97 Å². The van der Waals surface area contributed by atoms with Gasteiger partial charge < -0.3 is 14.6 Å². The van der Waals surface area contributed by atoms with Crippen LogP contribution >= 0.6 is 0 Å². The predicted octanol–water partition coefficient (Wildman–Crippen LogP) is 2.38. The maximum atomic E-state index is 11.1. The summed E-state index contributed by atoms with van der Waals surface area (Å²) in [6, 6.07) is 5.09. The van der Waals surface area contributed by atoms with Crippen molar-refractivity contribution in [3.8, 4) is 0 Å². The second kappa shape index (κ2) is 6.05. The van der Waals surface area contributed by atoms with E-state index in [0.29, 0.717) is 5.56 Å². The van der Waals surface area contributed by atoms with Crippen LogP contribution in [0.5, 0.6) is 0 Å². The number of hydrogen-bond acceptors (Lipinski definition) is 3. The highest BCUT2D eigenvalue weighted by molar-refractivity contribution is 5.92. The van der Waals surface area contributed by atoms with Crippen LogP contribution in [0.2, 0.25) is 0 Å². The molecule has 0 unspecified atom stereocenters. The van der Waals surface area contributed by atoms with Gasteiger partial charge in [0, 0.05) is 13.1 Å². The molecule has 0 aliphatic carbocycles. The number of aromatic carboxylic acids is 1. The Morgan fingerprint density at radius 3 is 2.65 bits per heavy atom. The van der Waals surface area contributed by atoms with Gasteiger partial charge in [0.25, 0.3) is 0 Å². The summed E-state index contributed by atoms with van der Waals surface area (Å²) in [4.78, 5) is 17.9. The lowest BCUT2D eigenvalue weighted by Crippen LogP contribution is -2.27. The van der Waals surface area contributed by atoms with Crippen molar-refractivity contribution < 1.29 is 9.90 Å². The summed E-state index contributed by atoms with van der Waals surface area (Å²) in [5, 5.41) is 9.10. The van der Waals surface area contributed by atoms with E-state index in [4.69, 9.17) is 5.11 Å². The molecule has 5 nitrogen and oxygen atoms in total. The average molecular weight is 275 g/mol. The molecule has 0 atom stereocenters. The Bertz CT molecular complexity index is 615. The molecule has 1 heterocycles. The Hall–Kier alpha value is -1.88. The number of rotatable bonds is 6. The summed E-state index contributed by atoms with van der Waals surface area (Å²) >= 11 is 0. The zero-order valence-corrected chi connectivity index (χ0v) is 12.3. The van der Waals surface area contributed by atoms with E-state index in [-0.39, 0.29) is 0 Å². The number of aromatic nitrogens is 2. The molecule has 2 aromatic rings. The number of aryl methyl sites for hydroxylation is 1. The largest absolute Gasteiger partial charge is 0.478 e. The first kappa shape index (κ1) is 14.5. The molecule has 0 amide bonds. The zero-order valence-electron chi connectivity index (χ0n) is 12.3. The van der Waals surface area contributed by atoms with E-state index in [1.54, 1.807) is 18.2 Å². The van der Waals surface area contributed by atoms with Crippen molar-refractivity contribution in [1.82, 2.24) is 14.5 Å². The second-order valence-electron chi connectivity index (χ2n) is 4.85. The van der Waals surface area contributed by atoms with Crippen molar-refractivity contribution in [2.24, 2.45) is 0 Å². The zero-order chi connectivity index (χ0) is 14.7. The maximum absolute atomic E-state index is 11.1. The van der Waals surface area contributed by atoms with Crippen molar-refractivity contribution in [2.75, 3.05) is 19.6 Å². The number of nitrogens with zero attached hydrogens (tertiary/aromatic N) is 3. The van der Waals surface area contributed by atoms with Crippen LogP contribution in [0.1, 0.15) is 30.0 Å². The quantitative estimate of drug-likeness (QED) is 0.879. The van der Waals surface area contributed by atoms with Crippen molar-refractivity contribution >= 4 is 17.0 Å². The molecule has 0 aliphatic rings. The van der Waals surface area contributed by atoms with Crippen LogP contribution in [-0.2, 0) is 6.54 Å². The van der Waals surface area contributed by atoms with Gasteiger partial charge in [-0.1, -0.05) is 13.8 Å². The minimum absolute atomic E-state index is 0.307. The lowest BCUT2D eigenvalue weighted by molar-refractivity contribution is 0.0697. The van der Waals surface area contributed by atoms with E-state index in [1.165, 1.54) is 0 Å². The summed E-state index contributed by atoms with van der Waals surface area (Å²) in [6.45, 7) is 10.0. The number of likely N-dealkylation sites (N-methyl/N-ethyl adjacent to an activating group) is 1. The smallest absolute Gasteiger partial charge is 0.335 e. The van der Waals surface area contributed by atoms with Gasteiger partial charge in [0.2, 0.25) is 0 Å². The van der Waals surface area contributed by atoms with E-state index in [9.17, 15) is 4.79 Å². The highest BCUT2D eigenvalue weighted by Crippen LogP contribution is 2.18. The molecule has 0 spiro atoms. The normalized spacial score (nSPS) is 11.4. The Kier molecular flexibility index (Phi) is 4.39. The minimum Gasteiger partial charge on any atom is -0.478 e. The first-order valence-electron chi connectivity index (χ1n) is 6.99. The van der Waals surface area contributed by atoms with Gasteiger partial charge in [0.05, 0.1) is 16.6 Å². The standard InChI is InChI=1S/C15H21N3O2/c1-4-17(5-2)8-9-18-11(3)16-13-7-6-12(15(19)20)10-14(13)18/h6-7,10H,4-5,8-9H2,1-3H3,(H,19,20). The fraction of sp³-hybridized carbons (Fsp3) is 0.467. The Labute approximate surface area is 118 Å². The van der Waals surface area contributed by atoms with Crippen molar-refractivity contribution in [3.63, 3.8) is 0 Å². The fourth-order valence-corrected chi connectivity index (χ4v) is 2.44. The topological polar surface area (TPSA) is 58.4 Å². The van der Waals surface area contributed by atoms with Crippen LogP contribution in [0.4, 0.5) is 0 Å². The van der Waals surface area contributed by atoms with E-state index in [1.807, 2.05) is 6.92 Å². The molecule has 0 aliphatic heterocycles. The van der Waals surface area contributed by atoms with Gasteiger partial charge in [0.1, 0.15) is 5.82 Å². The molecule has 0 saturated carbocycles. The molecule has 0 bridgehead atoms. The SMILES string of the molecule is CCN(CC)CCn1c(C)nc2ccc(C(=O)O)cc21. The van der Waals surface area contributed by atoms with Gasteiger partial charge in [-0.15, -0.1) is 0 Å². The first-order chi connectivity index (χ1) is 9.56. The monoisotopic (exact) mass is 275 g/mol. The highest BCUT2D eigenvalue weighted by atomic mass is 16.4. The molecule has 1 N–H and O–H groups in total. The molecule has 1 aromatic heterocycles. The molecule has 1 aromatic carbocycles. The number of carboxylic acid groups (broad SMARTS) is 1. The second-order valence-corrected chi connectivity index (χ2v) is 4.85. The third-order valence-electron chi connectivity index (χ3n) is 3.72. The summed E-state index contributed by atoms with van der Waals surface area (Å²) in [6.07, 6.45) is 0. The van der Waals surface area contributed by atoms with Gasteiger partial charge in [-0.2, -0.15) is 0 Å². The number of imidazole rings is 1. The van der Waals surface area contributed by atoms with Crippen LogP contribution in [0.25, 0.3) is 11.0 Å². The summed E-state index contributed by atoms with van der Waals surface area (Å²) in [5.41, 5.74) is 2.06. The van der Waals surface area contributed by atoms with Crippen LogP contribution in [0.15, 0.2) is 18.2 Å². The lowest BCUT2D eigenvalue weighted by atomic mass is 10.2. The summed E-state index contributed by atoms with van der Waals surface area (Å²) < 4.78 is 2.10. The molecule has 0 saturated heterocycles. The molecule has 0 fully saturated rings. The molecule has 0 radical (unpaired) electrons. The maximum Gasteiger partial charge on any atom is 0.335 e. The lowest BCUT2D eigenvalue weighted by Gasteiger charge is -2.18. The third kappa shape index (κ3) is 2.82. The fourth-order valence-electron chi connectivity index (χ4n) is 2.44. The van der Waals surface area contributed by atoms with Crippen LogP contribution in [0, 0.1) is 6.92 Å². The number of hydrogen-bond donors (Lipinski definition) is 1. The van der Waals surface area contributed by atoms with Gasteiger partial charge in [0.15, 0.2) is 0 Å². The molecule has 20 heavy (non-hydrogen) atoms. The Balaban J connectivity index is 2.33. The van der Waals surface area contributed by atoms with E-state index in [2.05, 4.69) is 28.3 Å². The van der Waals surface area contributed by atoms with E-state index in [0.717, 1.165) is 43.0 Å². The number of carboxylic acids is 1. The van der Waals surface area contributed by atoms with Gasteiger partial charge in [-0.25, -0.2) is 9.78 Å². The van der Waals surface area contributed by atoms with Gasteiger partial charge in [-0.05, 0) is 38.2 Å². The summed E-state index contributed by atoms with van der Waals surface area (Å²) in [7, 11) is 0. The first-order valence-corrected chi connectivity index (χ1v) is 6.99. The van der Waals surface area contributed by atoms with Gasteiger partial charge in [-0.3, -0.25) is 0 Å². The Morgan fingerprint density at radius 2 is 2.05 bits per heavy atom. The van der Waals surface area contributed by atoms with Crippen LogP contribution in [-0.4, -0.2) is 45.2 Å². The van der Waals surface area contributed by atoms with Crippen molar-refractivity contribution in [2.45, 2.75) is 27.3 Å². The average Bonchev–Trinajstić information content (AvgIpc) is 2.75. The van der Waals surface area contributed by atoms with Crippen molar-refractivity contribution in [3.05, 3.63) is 29.6 Å². The number of benzene rings is 1. The number of carbonyl (C=O) groups is 1. The van der Waals surface area contributed by atoms with Crippen LogP contribution < -0.4 is 0 Å². The summed E-state index contributed by atoms with van der Waals surface area (Å²) in [5.74, 6) is 0.0238. The molecule has 108 valence electrons. The molecular formula is C15H21N3O2. The number of fused-ring (bicyclic) bond motifs is 1. The third-order valence-corrected chi connectivity index (χ3v) is 3.72. The molecular weight excluding hydrogens is 254 g/mol. The van der Waals surface area contributed by atoms with E-state index >= 15 is 0 Å². The predicted molar refractivity (Wildman–Crippen MR) is 79.2 cm³/mol. The highest BCUT2D eigenvalue weighted by Gasteiger charge is 2.11. The van der Waals surface area contributed by atoms with Crippen LogP contribution in [0.3, 0.4) is 0 Å². The van der Waals surface area contributed by atoms with Gasteiger partial charge >= 0.3 is 5.97 Å².